The Hall–Kier alpha value is 0.230. The van der Waals surface area contributed by atoms with Crippen molar-refractivity contribution in [2.24, 2.45) is 11.5 Å². The molecule has 0 amide bonds. The Morgan fingerprint density at radius 1 is 1.56 bits per heavy atom. The number of rotatable bonds is 5. The van der Waals surface area contributed by atoms with E-state index in [0.717, 1.165) is 18.8 Å². The van der Waals surface area contributed by atoms with E-state index in [9.17, 15) is 0 Å². The molecule has 1 unspecified atom stereocenters. The van der Waals surface area contributed by atoms with E-state index in [1.807, 2.05) is 0 Å². The molecule has 0 aromatic rings. The van der Waals surface area contributed by atoms with E-state index >= 15 is 0 Å². The zero-order valence-electron chi connectivity index (χ0n) is 5.51. The maximum atomic E-state index is 5.53. The fraction of sp³-hybridized carbons (Fsp3) is 1.00. The molecular formula is C5H15N3S. The Bertz CT molecular complexity index is 60.2. The number of hydrogen-bond donors (Lipinski definition) is 4. The molecule has 0 aliphatic heterocycles. The van der Waals surface area contributed by atoms with Gasteiger partial charge in [-0.15, -0.1) is 0 Å². The lowest BCUT2D eigenvalue weighted by atomic mass is 10.3. The van der Waals surface area contributed by atoms with Crippen LogP contribution in [-0.2, 0) is 0 Å². The molecule has 0 aliphatic carbocycles. The van der Waals surface area contributed by atoms with Crippen LogP contribution >= 0.6 is 12.6 Å². The molecule has 9 heavy (non-hydrogen) atoms. The summed E-state index contributed by atoms with van der Waals surface area (Å²) >= 11 is 4.02. The molecule has 0 rings (SSSR count). The van der Waals surface area contributed by atoms with Gasteiger partial charge in [-0.2, -0.15) is 12.6 Å². The maximum absolute atomic E-state index is 5.53. The van der Waals surface area contributed by atoms with Crippen molar-refractivity contribution in [3.8, 4) is 0 Å². The van der Waals surface area contributed by atoms with Gasteiger partial charge in [-0.1, -0.05) is 0 Å². The third-order valence-corrected chi connectivity index (χ3v) is 1.43. The summed E-state index contributed by atoms with van der Waals surface area (Å²) in [6.45, 7) is 2.31. The molecule has 0 saturated carbocycles. The van der Waals surface area contributed by atoms with Crippen LogP contribution < -0.4 is 16.8 Å². The third-order valence-electron chi connectivity index (χ3n) is 0.962. The number of nitrogens with two attached hydrogens (primary N) is 2. The van der Waals surface area contributed by atoms with Crippen LogP contribution in [0, 0.1) is 0 Å². The molecular weight excluding hydrogens is 134 g/mol. The van der Waals surface area contributed by atoms with E-state index in [-0.39, 0.29) is 6.04 Å². The molecule has 0 spiro atoms. The summed E-state index contributed by atoms with van der Waals surface area (Å²) in [6.07, 6.45) is 0. The molecule has 1 atom stereocenters. The summed E-state index contributed by atoms with van der Waals surface area (Å²) in [4.78, 5) is 0. The number of nitrogens with one attached hydrogen (secondary N) is 1. The van der Waals surface area contributed by atoms with Crippen LogP contribution in [0.4, 0.5) is 0 Å². The van der Waals surface area contributed by atoms with Crippen LogP contribution in [0.2, 0.25) is 0 Å². The molecule has 0 saturated heterocycles. The van der Waals surface area contributed by atoms with Crippen LogP contribution in [0.25, 0.3) is 0 Å². The molecule has 0 radical (unpaired) electrons. The zero-order chi connectivity index (χ0) is 7.11. The van der Waals surface area contributed by atoms with Crippen LogP contribution in [0.1, 0.15) is 0 Å². The fourth-order valence-corrected chi connectivity index (χ4v) is 0.583. The molecule has 0 aromatic heterocycles. The van der Waals surface area contributed by atoms with Crippen molar-refractivity contribution in [2.75, 3.05) is 25.4 Å². The summed E-state index contributed by atoms with van der Waals surface area (Å²) in [5.74, 6) is 0.720. The van der Waals surface area contributed by atoms with Crippen molar-refractivity contribution in [1.82, 2.24) is 5.32 Å². The summed E-state index contributed by atoms with van der Waals surface area (Å²) < 4.78 is 0. The average Bonchev–Trinajstić information content (AvgIpc) is 1.89. The highest BCUT2D eigenvalue weighted by atomic mass is 32.1. The molecule has 0 aliphatic rings. The van der Waals surface area contributed by atoms with Crippen molar-refractivity contribution in [2.45, 2.75) is 6.04 Å². The first-order chi connectivity index (χ1) is 4.31. The van der Waals surface area contributed by atoms with Gasteiger partial charge >= 0.3 is 0 Å². The second kappa shape index (κ2) is 6.35. The van der Waals surface area contributed by atoms with Gasteiger partial charge in [0, 0.05) is 31.4 Å². The lowest BCUT2D eigenvalue weighted by molar-refractivity contribution is 0.619. The van der Waals surface area contributed by atoms with E-state index < -0.39 is 0 Å². The van der Waals surface area contributed by atoms with Crippen molar-refractivity contribution in [3.05, 3.63) is 0 Å². The third kappa shape index (κ3) is 6.11. The summed E-state index contributed by atoms with van der Waals surface area (Å²) in [7, 11) is 0. The molecule has 3 nitrogen and oxygen atoms in total. The van der Waals surface area contributed by atoms with Gasteiger partial charge < -0.3 is 16.8 Å². The van der Waals surface area contributed by atoms with Gasteiger partial charge in [0.2, 0.25) is 0 Å². The van der Waals surface area contributed by atoms with Gasteiger partial charge in [0.15, 0.2) is 0 Å². The lowest BCUT2D eigenvalue weighted by Gasteiger charge is -2.07. The monoisotopic (exact) mass is 149 g/mol. The number of hydrogen-bond acceptors (Lipinski definition) is 4. The van der Waals surface area contributed by atoms with Crippen LogP contribution in [-0.4, -0.2) is 31.4 Å². The minimum absolute atomic E-state index is 0.153. The van der Waals surface area contributed by atoms with E-state index in [1.165, 1.54) is 0 Å². The smallest absolute Gasteiger partial charge is 0.0254 e. The Morgan fingerprint density at radius 2 is 2.22 bits per heavy atom. The summed E-state index contributed by atoms with van der Waals surface area (Å²) in [6, 6.07) is 0.153. The Balaban J connectivity index is 2.88. The lowest BCUT2D eigenvalue weighted by Crippen LogP contribution is -2.37. The van der Waals surface area contributed by atoms with E-state index in [1.54, 1.807) is 0 Å². The summed E-state index contributed by atoms with van der Waals surface area (Å²) in [5.41, 5.74) is 10.8. The van der Waals surface area contributed by atoms with Crippen molar-refractivity contribution in [3.63, 3.8) is 0 Å². The van der Waals surface area contributed by atoms with Crippen LogP contribution in [0.5, 0.6) is 0 Å². The predicted molar refractivity (Wildman–Crippen MR) is 43.8 cm³/mol. The van der Waals surface area contributed by atoms with Crippen molar-refractivity contribution >= 4 is 12.6 Å². The number of thiol groups is 1. The first kappa shape index (κ1) is 9.23. The second-order valence-electron chi connectivity index (χ2n) is 1.94. The Morgan fingerprint density at radius 3 is 2.67 bits per heavy atom. The first-order valence-electron chi connectivity index (χ1n) is 3.08. The Labute approximate surface area is 61.6 Å². The molecule has 0 fully saturated rings. The van der Waals surface area contributed by atoms with Gasteiger partial charge in [-0.3, -0.25) is 0 Å². The largest absolute Gasteiger partial charge is 0.329 e. The Kier molecular flexibility index (Phi) is 6.51. The van der Waals surface area contributed by atoms with Gasteiger partial charge in [-0.05, 0) is 0 Å². The highest BCUT2D eigenvalue weighted by molar-refractivity contribution is 7.80. The maximum Gasteiger partial charge on any atom is 0.0254 e. The fourth-order valence-electron chi connectivity index (χ4n) is 0.454. The normalized spacial score (nSPS) is 13.7. The highest BCUT2D eigenvalue weighted by Crippen LogP contribution is 1.78. The summed E-state index contributed by atoms with van der Waals surface area (Å²) in [5, 5.41) is 3.09. The molecule has 4 heteroatoms. The standard InChI is InChI=1S/C5H15N3S/c6-1-2-8-3-5(7)4-9/h5,8-9H,1-4,6-7H2. The van der Waals surface area contributed by atoms with Crippen molar-refractivity contribution < 1.29 is 0 Å². The quantitative estimate of drug-likeness (QED) is 0.293. The topological polar surface area (TPSA) is 64.1 Å². The highest BCUT2D eigenvalue weighted by Gasteiger charge is 1.95. The van der Waals surface area contributed by atoms with E-state index in [0.29, 0.717) is 6.54 Å². The molecule has 0 heterocycles. The molecule has 5 N–H and O–H groups in total. The average molecular weight is 149 g/mol. The van der Waals surface area contributed by atoms with Crippen LogP contribution in [0.15, 0.2) is 0 Å². The molecule has 0 bridgehead atoms. The first-order valence-corrected chi connectivity index (χ1v) is 3.71. The minimum Gasteiger partial charge on any atom is -0.329 e. The molecule has 0 aromatic carbocycles. The predicted octanol–water partition coefficient (Wildman–Crippen LogP) is -1.21. The van der Waals surface area contributed by atoms with Crippen LogP contribution in [0.3, 0.4) is 0 Å². The zero-order valence-corrected chi connectivity index (χ0v) is 6.40. The van der Waals surface area contributed by atoms with Gasteiger partial charge in [0.1, 0.15) is 0 Å². The SMILES string of the molecule is NCCNCC(N)CS. The minimum atomic E-state index is 0.153. The second-order valence-corrected chi connectivity index (χ2v) is 2.30. The van der Waals surface area contributed by atoms with E-state index in [2.05, 4.69) is 17.9 Å². The van der Waals surface area contributed by atoms with E-state index in [4.69, 9.17) is 11.5 Å². The molecule has 56 valence electrons. The van der Waals surface area contributed by atoms with Gasteiger partial charge in [0.05, 0.1) is 0 Å². The van der Waals surface area contributed by atoms with Gasteiger partial charge in [0.25, 0.3) is 0 Å². The van der Waals surface area contributed by atoms with Crippen molar-refractivity contribution in [1.29, 1.82) is 0 Å². The van der Waals surface area contributed by atoms with Gasteiger partial charge in [-0.25, -0.2) is 0 Å².